The predicted molar refractivity (Wildman–Crippen MR) is 59.5 cm³/mol. The molecule has 0 aromatic heterocycles. The van der Waals surface area contributed by atoms with Gasteiger partial charge in [-0.25, -0.2) is 0 Å². The zero-order chi connectivity index (χ0) is 10.7. The van der Waals surface area contributed by atoms with Gasteiger partial charge in [-0.15, -0.1) is 0 Å². The largest absolute Gasteiger partial charge is 0.493 e. The van der Waals surface area contributed by atoms with E-state index < -0.39 is 0 Å². The van der Waals surface area contributed by atoms with Crippen LogP contribution in [-0.2, 0) is 0 Å². The van der Waals surface area contributed by atoms with E-state index in [9.17, 15) is 0 Å². The van der Waals surface area contributed by atoms with Crippen LogP contribution in [0.4, 0.5) is 0 Å². The first-order chi connectivity index (χ1) is 7.33. The molecule has 0 N–H and O–H groups in total. The van der Waals surface area contributed by atoms with Crippen LogP contribution < -0.4 is 9.47 Å². The first-order valence-corrected chi connectivity index (χ1v) is 5.81. The Morgan fingerprint density at radius 2 is 2.20 bits per heavy atom. The highest BCUT2D eigenvalue weighted by atomic mass is 32.2. The molecule has 0 bridgehead atoms. The fourth-order valence-corrected chi connectivity index (χ4v) is 1.86. The summed E-state index contributed by atoms with van der Waals surface area (Å²) in [5.41, 5.74) is 0.595. The van der Waals surface area contributed by atoms with Crippen molar-refractivity contribution in [2.75, 3.05) is 18.6 Å². The summed E-state index contributed by atoms with van der Waals surface area (Å²) in [5, 5.41) is 8.78. The van der Waals surface area contributed by atoms with Crippen molar-refractivity contribution in [3.05, 3.63) is 23.8 Å². The number of rotatable bonds is 3. The fraction of sp³-hybridized carbons (Fsp3) is 0.364. The molecule has 0 spiro atoms. The minimum Gasteiger partial charge on any atom is -0.493 e. The van der Waals surface area contributed by atoms with E-state index >= 15 is 0 Å². The summed E-state index contributed by atoms with van der Waals surface area (Å²) in [5.74, 6) is 3.38. The maximum absolute atomic E-state index is 8.78. The SMILES string of the molecule is COc1ccc(C#N)cc1OC1CSC1. The minimum absolute atomic E-state index is 0.262. The number of ether oxygens (including phenoxy) is 2. The highest BCUT2D eigenvalue weighted by Gasteiger charge is 2.21. The highest BCUT2D eigenvalue weighted by Crippen LogP contribution is 2.32. The second-order valence-electron chi connectivity index (χ2n) is 3.25. The minimum atomic E-state index is 0.262. The van der Waals surface area contributed by atoms with Gasteiger partial charge in [-0.1, -0.05) is 0 Å². The van der Waals surface area contributed by atoms with E-state index in [-0.39, 0.29) is 6.10 Å². The third-order valence-corrected chi connectivity index (χ3v) is 3.41. The smallest absolute Gasteiger partial charge is 0.162 e. The van der Waals surface area contributed by atoms with Crippen molar-refractivity contribution < 1.29 is 9.47 Å². The Kier molecular flexibility index (Phi) is 3.02. The molecule has 0 atom stereocenters. The summed E-state index contributed by atoms with van der Waals surface area (Å²) in [6.45, 7) is 0. The van der Waals surface area contributed by atoms with Crippen LogP contribution in [0.5, 0.6) is 11.5 Å². The van der Waals surface area contributed by atoms with E-state index in [0.717, 1.165) is 11.5 Å². The molecule has 4 heteroatoms. The van der Waals surface area contributed by atoms with Crippen LogP contribution >= 0.6 is 11.8 Å². The monoisotopic (exact) mass is 221 g/mol. The Morgan fingerprint density at radius 1 is 1.40 bits per heavy atom. The van der Waals surface area contributed by atoms with Gasteiger partial charge in [-0.2, -0.15) is 17.0 Å². The van der Waals surface area contributed by atoms with Gasteiger partial charge in [0.1, 0.15) is 6.10 Å². The third-order valence-electron chi connectivity index (χ3n) is 2.19. The number of hydrogen-bond acceptors (Lipinski definition) is 4. The normalized spacial score (nSPS) is 15.2. The topological polar surface area (TPSA) is 42.2 Å². The van der Waals surface area contributed by atoms with E-state index in [1.807, 2.05) is 11.8 Å². The summed E-state index contributed by atoms with van der Waals surface area (Å²) < 4.78 is 10.9. The molecule has 78 valence electrons. The van der Waals surface area contributed by atoms with Gasteiger partial charge in [-0.05, 0) is 12.1 Å². The van der Waals surface area contributed by atoms with Gasteiger partial charge in [0.25, 0.3) is 0 Å². The van der Waals surface area contributed by atoms with Crippen molar-refractivity contribution >= 4 is 11.8 Å². The lowest BCUT2D eigenvalue weighted by Gasteiger charge is -2.26. The number of nitrogens with zero attached hydrogens (tertiary/aromatic N) is 1. The Balaban J connectivity index is 2.21. The van der Waals surface area contributed by atoms with E-state index in [1.54, 1.807) is 25.3 Å². The fourth-order valence-electron chi connectivity index (χ4n) is 1.30. The molecule has 1 aliphatic rings. The maximum atomic E-state index is 8.78. The van der Waals surface area contributed by atoms with Crippen LogP contribution in [0.15, 0.2) is 18.2 Å². The molecule has 1 aromatic carbocycles. The van der Waals surface area contributed by atoms with Gasteiger partial charge in [0.2, 0.25) is 0 Å². The van der Waals surface area contributed by atoms with Crippen LogP contribution in [0, 0.1) is 11.3 Å². The van der Waals surface area contributed by atoms with Crippen molar-refractivity contribution in [1.82, 2.24) is 0 Å². The molecule has 1 aromatic rings. The number of methoxy groups -OCH3 is 1. The predicted octanol–water partition coefficient (Wildman–Crippen LogP) is 2.06. The lowest BCUT2D eigenvalue weighted by Crippen LogP contribution is -2.31. The van der Waals surface area contributed by atoms with Gasteiger partial charge < -0.3 is 9.47 Å². The van der Waals surface area contributed by atoms with Gasteiger partial charge >= 0.3 is 0 Å². The van der Waals surface area contributed by atoms with Gasteiger partial charge in [-0.3, -0.25) is 0 Å². The van der Waals surface area contributed by atoms with Gasteiger partial charge in [0.05, 0.1) is 18.7 Å². The summed E-state index contributed by atoms with van der Waals surface area (Å²) >= 11 is 1.86. The Hall–Kier alpha value is -1.34. The molecular formula is C11H11NO2S. The lowest BCUT2D eigenvalue weighted by molar-refractivity contribution is 0.228. The summed E-state index contributed by atoms with van der Waals surface area (Å²) in [6.07, 6.45) is 0.262. The first kappa shape index (κ1) is 10.2. The zero-order valence-electron chi connectivity index (χ0n) is 8.40. The molecule has 0 aliphatic carbocycles. The molecule has 2 rings (SSSR count). The van der Waals surface area contributed by atoms with Crippen molar-refractivity contribution in [1.29, 1.82) is 5.26 Å². The molecule has 0 saturated carbocycles. The van der Waals surface area contributed by atoms with Crippen molar-refractivity contribution in [3.8, 4) is 17.6 Å². The summed E-state index contributed by atoms with van der Waals surface area (Å²) in [6, 6.07) is 7.30. The second kappa shape index (κ2) is 4.45. The van der Waals surface area contributed by atoms with Crippen LogP contribution in [-0.4, -0.2) is 24.7 Å². The number of thioether (sulfide) groups is 1. The standard InChI is InChI=1S/C11H11NO2S/c1-13-10-3-2-8(5-12)4-11(10)14-9-6-15-7-9/h2-4,9H,6-7H2,1H3. The van der Waals surface area contributed by atoms with Gasteiger partial charge in [0.15, 0.2) is 11.5 Å². The molecule has 15 heavy (non-hydrogen) atoms. The van der Waals surface area contributed by atoms with Crippen LogP contribution in [0.3, 0.4) is 0 Å². The molecule has 0 unspecified atom stereocenters. The van der Waals surface area contributed by atoms with E-state index in [4.69, 9.17) is 14.7 Å². The molecule has 1 fully saturated rings. The van der Waals surface area contributed by atoms with Crippen LogP contribution in [0.25, 0.3) is 0 Å². The lowest BCUT2D eigenvalue weighted by atomic mass is 10.2. The number of benzene rings is 1. The first-order valence-electron chi connectivity index (χ1n) is 4.66. The Morgan fingerprint density at radius 3 is 2.73 bits per heavy atom. The molecule has 1 heterocycles. The maximum Gasteiger partial charge on any atom is 0.162 e. The molecule has 3 nitrogen and oxygen atoms in total. The second-order valence-corrected chi connectivity index (χ2v) is 4.33. The zero-order valence-corrected chi connectivity index (χ0v) is 9.21. The molecule has 1 saturated heterocycles. The van der Waals surface area contributed by atoms with Crippen molar-refractivity contribution in [2.45, 2.75) is 6.10 Å². The average molecular weight is 221 g/mol. The van der Waals surface area contributed by atoms with Crippen molar-refractivity contribution in [3.63, 3.8) is 0 Å². The van der Waals surface area contributed by atoms with Crippen LogP contribution in [0.1, 0.15) is 5.56 Å². The van der Waals surface area contributed by atoms with E-state index in [2.05, 4.69) is 6.07 Å². The molecule has 0 amide bonds. The molecular weight excluding hydrogens is 210 g/mol. The van der Waals surface area contributed by atoms with E-state index in [0.29, 0.717) is 17.1 Å². The molecule has 1 aliphatic heterocycles. The molecule has 0 radical (unpaired) electrons. The quantitative estimate of drug-likeness (QED) is 0.783. The summed E-state index contributed by atoms with van der Waals surface area (Å²) in [4.78, 5) is 0. The number of hydrogen-bond donors (Lipinski definition) is 0. The van der Waals surface area contributed by atoms with Gasteiger partial charge in [0, 0.05) is 17.6 Å². The average Bonchev–Trinajstić information content (AvgIpc) is 2.23. The Bertz CT molecular complexity index is 396. The Labute approximate surface area is 93.0 Å². The summed E-state index contributed by atoms with van der Waals surface area (Å²) in [7, 11) is 1.60. The number of nitriles is 1. The van der Waals surface area contributed by atoms with Crippen LogP contribution in [0.2, 0.25) is 0 Å². The van der Waals surface area contributed by atoms with E-state index in [1.165, 1.54) is 0 Å². The third kappa shape index (κ3) is 2.18. The van der Waals surface area contributed by atoms with Crippen molar-refractivity contribution in [2.24, 2.45) is 0 Å². The highest BCUT2D eigenvalue weighted by molar-refractivity contribution is 8.00.